The second-order valence-electron chi connectivity index (χ2n) is 5.09. The number of ether oxygens (including phenoxy) is 2. The second kappa shape index (κ2) is 4.97. The molecule has 0 spiro atoms. The van der Waals surface area contributed by atoms with Gasteiger partial charge in [0.1, 0.15) is 0 Å². The lowest BCUT2D eigenvalue weighted by molar-refractivity contribution is 0.0236. The zero-order chi connectivity index (χ0) is 14.0. The number of rotatable bonds is 5. The molecule has 102 valence electrons. The lowest BCUT2D eigenvalue weighted by Gasteiger charge is -2.37. The SMILES string of the molecule is COc1cc(OC)nc(NC(C)(C)C(C)(C)O)n1. The summed E-state index contributed by atoms with van der Waals surface area (Å²) in [4.78, 5) is 8.33. The predicted octanol–water partition coefficient (Wildman–Crippen LogP) is 1.46. The number of aliphatic hydroxyl groups is 1. The molecule has 0 atom stereocenters. The van der Waals surface area contributed by atoms with Crippen LogP contribution in [0.2, 0.25) is 0 Å². The van der Waals surface area contributed by atoms with Gasteiger partial charge in [0.25, 0.3) is 0 Å². The van der Waals surface area contributed by atoms with E-state index in [2.05, 4.69) is 15.3 Å². The number of aromatic nitrogens is 2. The fourth-order valence-corrected chi connectivity index (χ4v) is 1.10. The first kappa shape index (κ1) is 14.5. The molecule has 6 nitrogen and oxygen atoms in total. The van der Waals surface area contributed by atoms with Crippen molar-refractivity contribution in [2.75, 3.05) is 19.5 Å². The van der Waals surface area contributed by atoms with Gasteiger partial charge in [0, 0.05) is 0 Å². The third kappa shape index (κ3) is 3.22. The molecule has 6 heteroatoms. The van der Waals surface area contributed by atoms with Crippen LogP contribution in [0, 0.1) is 0 Å². The summed E-state index contributed by atoms with van der Waals surface area (Å²) in [5, 5.41) is 13.2. The Hall–Kier alpha value is -1.56. The summed E-state index contributed by atoms with van der Waals surface area (Å²) in [5.74, 6) is 1.14. The Labute approximate surface area is 107 Å². The minimum absolute atomic E-state index is 0.346. The van der Waals surface area contributed by atoms with Gasteiger partial charge in [-0.1, -0.05) is 0 Å². The summed E-state index contributed by atoms with van der Waals surface area (Å²) >= 11 is 0. The van der Waals surface area contributed by atoms with Crippen LogP contribution in [-0.2, 0) is 0 Å². The van der Waals surface area contributed by atoms with Crippen LogP contribution in [0.5, 0.6) is 11.8 Å². The van der Waals surface area contributed by atoms with Gasteiger partial charge in [0.2, 0.25) is 17.7 Å². The maximum Gasteiger partial charge on any atom is 0.229 e. The van der Waals surface area contributed by atoms with Crippen molar-refractivity contribution in [1.29, 1.82) is 0 Å². The summed E-state index contributed by atoms with van der Waals surface area (Å²) in [6, 6.07) is 1.59. The van der Waals surface area contributed by atoms with Gasteiger partial charge < -0.3 is 19.9 Å². The Bertz CT molecular complexity index is 391. The van der Waals surface area contributed by atoms with Crippen LogP contribution in [0.25, 0.3) is 0 Å². The highest BCUT2D eigenvalue weighted by Crippen LogP contribution is 2.26. The molecule has 0 saturated heterocycles. The lowest BCUT2D eigenvalue weighted by Crippen LogP contribution is -2.51. The first-order chi connectivity index (χ1) is 8.19. The van der Waals surface area contributed by atoms with E-state index in [1.54, 1.807) is 19.9 Å². The van der Waals surface area contributed by atoms with Crippen LogP contribution >= 0.6 is 0 Å². The molecule has 18 heavy (non-hydrogen) atoms. The minimum atomic E-state index is -0.938. The number of nitrogens with zero attached hydrogens (tertiary/aromatic N) is 2. The van der Waals surface area contributed by atoms with Crippen LogP contribution in [0.15, 0.2) is 6.07 Å². The van der Waals surface area contributed by atoms with Gasteiger partial charge in [0.15, 0.2) is 0 Å². The molecule has 0 saturated carbocycles. The highest BCUT2D eigenvalue weighted by molar-refractivity contribution is 5.36. The van der Waals surface area contributed by atoms with Gasteiger partial charge in [-0.25, -0.2) is 0 Å². The van der Waals surface area contributed by atoms with Crippen LogP contribution in [-0.4, -0.2) is 40.4 Å². The number of anilines is 1. The largest absolute Gasteiger partial charge is 0.481 e. The predicted molar refractivity (Wildman–Crippen MR) is 69.1 cm³/mol. The topological polar surface area (TPSA) is 76.5 Å². The molecule has 2 N–H and O–H groups in total. The molecule has 0 fully saturated rings. The van der Waals surface area contributed by atoms with E-state index in [0.29, 0.717) is 17.7 Å². The summed E-state index contributed by atoms with van der Waals surface area (Å²) in [7, 11) is 3.04. The summed E-state index contributed by atoms with van der Waals surface area (Å²) in [6.07, 6.45) is 0. The van der Waals surface area contributed by atoms with Crippen molar-refractivity contribution in [3.05, 3.63) is 6.07 Å². The molecule has 1 rings (SSSR count). The monoisotopic (exact) mass is 255 g/mol. The number of nitrogens with one attached hydrogen (secondary N) is 1. The number of methoxy groups -OCH3 is 2. The highest BCUT2D eigenvalue weighted by atomic mass is 16.5. The van der Waals surface area contributed by atoms with Crippen molar-refractivity contribution in [3.63, 3.8) is 0 Å². The Kier molecular flexibility index (Phi) is 4.01. The van der Waals surface area contributed by atoms with Gasteiger partial charge in [-0.15, -0.1) is 0 Å². The Balaban J connectivity index is 3.04. The van der Waals surface area contributed by atoms with E-state index in [-0.39, 0.29) is 0 Å². The Morgan fingerprint density at radius 2 is 1.50 bits per heavy atom. The molecule has 0 amide bonds. The standard InChI is InChI=1S/C12H21N3O3/c1-11(2,12(3,4)16)15-10-13-8(17-5)7-9(14-10)18-6/h7,16H,1-6H3,(H,13,14,15). The smallest absolute Gasteiger partial charge is 0.229 e. The third-order valence-electron chi connectivity index (χ3n) is 3.05. The average Bonchev–Trinajstić information content (AvgIpc) is 2.26. The molecule has 1 heterocycles. The molecule has 0 unspecified atom stereocenters. The van der Waals surface area contributed by atoms with Gasteiger partial charge in [-0.05, 0) is 27.7 Å². The zero-order valence-corrected chi connectivity index (χ0v) is 11.7. The van der Waals surface area contributed by atoms with Crippen molar-refractivity contribution >= 4 is 5.95 Å². The molecule has 0 aliphatic heterocycles. The highest BCUT2D eigenvalue weighted by Gasteiger charge is 2.35. The Morgan fingerprint density at radius 1 is 1.06 bits per heavy atom. The molecule has 0 aliphatic rings. The van der Waals surface area contributed by atoms with Crippen molar-refractivity contribution in [2.24, 2.45) is 0 Å². The number of hydrogen-bond donors (Lipinski definition) is 2. The quantitative estimate of drug-likeness (QED) is 0.829. The molecule has 1 aromatic heterocycles. The fraction of sp³-hybridized carbons (Fsp3) is 0.667. The number of hydrogen-bond acceptors (Lipinski definition) is 6. The van der Waals surface area contributed by atoms with Crippen LogP contribution in [0.1, 0.15) is 27.7 Å². The van der Waals surface area contributed by atoms with Gasteiger partial charge in [0.05, 0.1) is 31.4 Å². The first-order valence-corrected chi connectivity index (χ1v) is 5.67. The van der Waals surface area contributed by atoms with E-state index >= 15 is 0 Å². The second-order valence-corrected chi connectivity index (χ2v) is 5.09. The van der Waals surface area contributed by atoms with Crippen molar-refractivity contribution in [3.8, 4) is 11.8 Å². The normalized spacial score (nSPS) is 12.2. The van der Waals surface area contributed by atoms with Crippen molar-refractivity contribution < 1.29 is 14.6 Å². The molecular formula is C12H21N3O3. The summed E-state index contributed by atoms with van der Waals surface area (Å²) < 4.78 is 10.1. The maximum absolute atomic E-state index is 10.1. The van der Waals surface area contributed by atoms with E-state index in [4.69, 9.17) is 9.47 Å². The van der Waals surface area contributed by atoms with E-state index < -0.39 is 11.1 Å². The molecular weight excluding hydrogens is 234 g/mol. The molecule has 0 radical (unpaired) electrons. The average molecular weight is 255 g/mol. The van der Waals surface area contributed by atoms with E-state index in [0.717, 1.165) is 0 Å². The minimum Gasteiger partial charge on any atom is -0.481 e. The van der Waals surface area contributed by atoms with Gasteiger partial charge in [-0.3, -0.25) is 0 Å². The Morgan fingerprint density at radius 3 is 1.83 bits per heavy atom. The van der Waals surface area contributed by atoms with Gasteiger partial charge >= 0.3 is 0 Å². The maximum atomic E-state index is 10.1. The van der Waals surface area contributed by atoms with E-state index in [9.17, 15) is 5.11 Å². The zero-order valence-electron chi connectivity index (χ0n) is 11.7. The fourth-order valence-electron chi connectivity index (χ4n) is 1.10. The summed E-state index contributed by atoms with van der Waals surface area (Å²) in [6.45, 7) is 7.17. The van der Waals surface area contributed by atoms with Crippen LogP contribution < -0.4 is 14.8 Å². The van der Waals surface area contributed by atoms with E-state index in [1.807, 2.05) is 13.8 Å². The molecule has 0 aromatic carbocycles. The summed E-state index contributed by atoms with van der Waals surface area (Å²) in [5.41, 5.74) is -1.54. The molecule has 0 bridgehead atoms. The third-order valence-corrected chi connectivity index (χ3v) is 3.05. The van der Waals surface area contributed by atoms with Crippen molar-refractivity contribution in [1.82, 2.24) is 9.97 Å². The lowest BCUT2D eigenvalue weighted by atomic mass is 9.86. The van der Waals surface area contributed by atoms with Gasteiger partial charge in [-0.2, -0.15) is 9.97 Å². The van der Waals surface area contributed by atoms with Crippen molar-refractivity contribution in [2.45, 2.75) is 38.8 Å². The molecule has 0 aliphatic carbocycles. The first-order valence-electron chi connectivity index (χ1n) is 5.67. The van der Waals surface area contributed by atoms with Crippen LogP contribution in [0.4, 0.5) is 5.95 Å². The molecule has 1 aromatic rings. The van der Waals surface area contributed by atoms with E-state index in [1.165, 1.54) is 14.2 Å². The van der Waals surface area contributed by atoms with Crippen LogP contribution in [0.3, 0.4) is 0 Å².